The van der Waals surface area contributed by atoms with E-state index in [2.05, 4.69) is 6.92 Å². The van der Waals surface area contributed by atoms with E-state index in [1.807, 2.05) is 24.3 Å². The van der Waals surface area contributed by atoms with Crippen molar-refractivity contribution in [3.05, 3.63) is 53.6 Å². The van der Waals surface area contributed by atoms with Crippen LogP contribution in [0.5, 0.6) is 17.2 Å². The zero-order valence-electron chi connectivity index (χ0n) is 24.5. The van der Waals surface area contributed by atoms with Gasteiger partial charge in [0.2, 0.25) is 11.6 Å². The van der Waals surface area contributed by atoms with E-state index in [1.165, 1.54) is 89.2 Å². The van der Waals surface area contributed by atoms with E-state index < -0.39 is 11.6 Å². The molecule has 0 bridgehead atoms. The number of fused-ring (bicyclic) bond motifs is 1. The van der Waals surface area contributed by atoms with Crippen molar-refractivity contribution in [2.45, 2.75) is 97.5 Å². The van der Waals surface area contributed by atoms with E-state index in [9.17, 15) is 8.78 Å². The zero-order chi connectivity index (χ0) is 27.9. The van der Waals surface area contributed by atoms with Crippen LogP contribution in [0.4, 0.5) is 8.78 Å². The van der Waals surface area contributed by atoms with Crippen LogP contribution in [0.1, 0.15) is 96.5 Å². The molecule has 5 heteroatoms. The summed E-state index contributed by atoms with van der Waals surface area (Å²) in [6, 6.07) is 10.5. The fraction of sp³-hybridized carbons (Fsp3) is 0.657. The molecule has 0 saturated heterocycles. The maximum atomic E-state index is 14.3. The quantitative estimate of drug-likeness (QED) is 0.277. The predicted octanol–water partition coefficient (Wildman–Crippen LogP) is 9.76. The van der Waals surface area contributed by atoms with E-state index in [1.54, 1.807) is 6.92 Å². The first-order valence-corrected chi connectivity index (χ1v) is 16.0. The molecule has 0 N–H and O–H groups in total. The summed E-state index contributed by atoms with van der Waals surface area (Å²) in [5.74, 6) is 4.17. The lowest BCUT2D eigenvalue weighted by molar-refractivity contribution is 0.0546. The summed E-state index contributed by atoms with van der Waals surface area (Å²) >= 11 is 0. The van der Waals surface area contributed by atoms with Gasteiger partial charge in [-0.15, -0.1) is 0 Å². The maximum absolute atomic E-state index is 14.3. The standard InChI is InChI=1S/C35H48F2O3/c1-3-5-24-6-13-30-21-29(15-14-28(30)20-24)27-11-7-25(8-12-27)22-39-31-16-9-26(10-17-31)23-40-33-19-18-32(38-4-2)34(36)35(33)37/h9-10,16-19,24-25,27-30H,3-8,11-15,20-23H2,1-2H3. The smallest absolute Gasteiger partial charge is 0.204 e. The Bertz CT molecular complexity index is 1060. The predicted molar refractivity (Wildman–Crippen MR) is 156 cm³/mol. The Morgan fingerprint density at radius 1 is 0.625 bits per heavy atom. The van der Waals surface area contributed by atoms with Crippen LogP contribution >= 0.6 is 0 Å². The molecule has 2 aromatic rings. The Morgan fingerprint density at radius 3 is 1.88 bits per heavy atom. The molecule has 4 atom stereocenters. The minimum atomic E-state index is -1.03. The van der Waals surface area contributed by atoms with Crippen LogP contribution < -0.4 is 14.2 Å². The van der Waals surface area contributed by atoms with Gasteiger partial charge in [-0.3, -0.25) is 0 Å². The van der Waals surface area contributed by atoms with Crippen LogP contribution in [0.3, 0.4) is 0 Å². The van der Waals surface area contributed by atoms with Crippen LogP contribution in [-0.4, -0.2) is 13.2 Å². The monoisotopic (exact) mass is 554 g/mol. The summed E-state index contributed by atoms with van der Waals surface area (Å²) in [6.45, 7) is 5.26. The summed E-state index contributed by atoms with van der Waals surface area (Å²) in [5.41, 5.74) is 0.870. The van der Waals surface area contributed by atoms with Gasteiger partial charge >= 0.3 is 0 Å². The molecular formula is C35H48F2O3. The minimum Gasteiger partial charge on any atom is -0.493 e. The number of hydrogen-bond donors (Lipinski definition) is 0. The summed E-state index contributed by atoms with van der Waals surface area (Å²) in [6.07, 6.45) is 17.1. The highest BCUT2D eigenvalue weighted by atomic mass is 19.2. The molecule has 0 amide bonds. The molecule has 0 aromatic heterocycles. The van der Waals surface area contributed by atoms with Gasteiger partial charge < -0.3 is 14.2 Å². The summed E-state index contributed by atoms with van der Waals surface area (Å²) in [7, 11) is 0. The van der Waals surface area contributed by atoms with Crippen LogP contribution in [-0.2, 0) is 6.61 Å². The number of benzene rings is 2. The van der Waals surface area contributed by atoms with E-state index in [0.29, 0.717) is 5.92 Å². The lowest BCUT2D eigenvalue weighted by atomic mass is 9.60. The Morgan fingerprint density at radius 2 is 1.20 bits per heavy atom. The van der Waals surface area contributed by atoms with Gasteiger partial charge in [0.25, 0.3) is 0 Å². The Kier molecular flexibility index (Phi) is 10.3. The molecule has 0 spiro atoms. The van der Waals surface area contributed by atoms with Crippen molar-refractivity contribution in [3.63, 3.8) is 0 Å². The number of ether oxygens (including phenoxy) is 3. The summed E-state index contributed by atoms with van der Waals surface area (Å²) in [5, 5.41) is 0. The Balaban J connectivity index is 1.01. The third kappa shape index (κ3) is 7.31. The fourth-order valence-corrected chi connectivity index (χ4v) is 7.90. The molecule has 0 aliphatic heterocycles. The summed E-state index contributed by atoms with van der Waals surface area (Å²) < 4.78 is 45.1. The lowest BCUT2D eigenvalue weighted by Crippen LogP contribution is -2.35. The highest BCUT2D eigenvalue weighted by Crippen LogP contribution is 2.49. The first-order valence-electron chi connectivity index (χ1n) is 16.0. The van der Waals surface area contributed by atoms with Crippen molar-refractivity contribution >= 4 is 0 Å². The second kappa shape index (κ2) is 14.0. The van der Waals surface area contributed by atoms with E-state index in [-0.39, 0.29) is 24.7 Å². The van der Waals surface area contributed by atoms with Crippen molar-refractivity contribution in [1.82, 2.24) is 0 Å². The minimum absolute atomic E-state index is 0.102. The van der Waals surface area contributed by atoms with Gasteiger partial charge in [0.05, 0.1) is 13.2 Å². The molecule has 3 fully saturated rings. The van der Waals surface area contributed by atoms with Crippen molar-refractivity contribution in [3.8, 4) is 17.2 Å². The second-order valence-corrected chi connectivity index (χ2v) is 12.7. The van der Waals surface area contributed by atoms with Gasteiger partial charge in [0, 0.05) is 0 Å². The van der Waals surface area contributed by atoms with Crippen LogP contribution in [0.2, 0.25) is 0 Å². The Hall–Kier alpha value is -2.30. The fourth-order valence-electron chi connectivity index (χ4n) is 7.90. The van der Waals surface area contributed by atoms with Gasteiger partial charge in [0.15, 0.2) is 11.5 Å². The average molecular weight is 555 g/mol. The second-order valence-electron chi connectivity index (χ2n) is 12.7. The molecule has 3 nitrogen and oxygen atoms in total. The van der Waals surface area contributed by atoms with E-state index in [4.69, 9.17) is 14.2 Å². The molecular weight excluding hydrogens is 506 g/mol. The first kappa shape index (κ1) is 29.2. The molecule has 220 valence electrons. The third-order valence-electron chi connectivity index (χ3n) is 10.1. The molecule has 40 heavy (non-hydrogen) atoms. The van der Waals surface area contributed by atoms with Crippen LogP contribution in [0.25, 0.3) is 0 Å². The highest BCUT2D eigenvalue weighted by molar-refractivity contribution is 5.35. The highest BCUT2D eigenvalue weighted by Gasteiger charge is 2.38. The third-order valence-corrected chi connectivity index (χ3v) is 10.1. The van der Waals surface area contributed by atoms with Crippen molar-refractivity contribution in [2.75, 3.05) is 13.2 Å². The van der Waals surface area contributed by atoms with Crippen LogP contribution in [0, 0.1) is 47.1 Å². The summed E-state index contributed by atoms with van der Waals surface area (Å²) in [4.78, 5) is 0. The van der Waals surface area contributed by atoms with E-state index in [0.717, 1.165) is 47.5 Å². The normalized spacial score (nSPS) is 28.5. The molecule has 5 rings (SSSR count). The van der Waals surface area contributed by atoms with E-state index >= 15 is 0 Å². The van der Waals surface area contributed by atoms with Crippen molar-refractivity contribution in [2.24, 2.45) is 35.5 Å². The molecule has 3 saturated carbocycles. The average Bonchev–Trinajstić information content (AvgIpc) is 2.99. The topological polar surface area (TPSA) is 27.7 Å². The SMILES string of the molecule is CCCC1CCC2CC(C3CCC(COc4ccc(COc5ccc(OCC)c(F)c5F)cc4)CC3)CCC2C1. The molecule has 3 aliphatic rings. The van der Waals surface area contributed by atoms with Gasteiger partial charge in [-0.1, -0.05) is 38.3 Å². The van der Waals surface area contributed by atoms with Gasteiger partial charge in [0.1, 0.15) is 12.4 Å². The van der Waals surface area contributed by atoms with Gasteiger partial charge in [-0.05, 0) is 130 Å². The van der Waals surface area contributed by atoms with Crippen molar-refractivity contribution in [1.29, 1.82) is 0 Å². The van der Waals surface area contributed by atoms with Crippen molar-refractivity contribution < 1.29 is 23.0 Å². The molecule has 4 unspecified atom stereocenters. The zero-order valence-corrected chi connectivity index (χ0v) is 24.5. The first-order chi connectivity index (χ1) is 19.5. The van der Waals surface area contributed by atoms with Gasteiger partial charge in [-0.2, -0.15) is 8.78 Å². The van der Waals surface area contributed by atoms with Gasteiger partial charge in [-0.25, -0.2) is 0 Å². The number of rotatable bonds is 11. The molecule has 0 heterocycles. The maximum Gasteiger partial charge on any atom is 0.204 e. The molecule has 0 radical (unpaired) electrons. The Labute approximate surface area is 240 Å². The van der Waals surface area contributed by atoms with Crippen LogP contribution in [0.15, 0.2) is 36.4 Å². The molecule has 2 aromatic carbocycles. The number of halogens is 2. The molecule has 3 aliphatic carbocycles. The largest absolute Gasteiger partial charge is 0.493 e. The number of hydrogen-bond acceptors (Lipinski definition) is 3. The lowest BCUT2D eigenvalue weighted by Gasteiger charge is -2.45.